The summed E-state index contributed by atoms with van der Waals surface area (Å²) in [7, 11) is 1.10. The van der Waals surface area contributed by atoms with Crippen LogP contribution in [0.25, 0.3) is 0 Å². The molecule has 0 spiro atoms. The molecule has 0 aliphatic carbocycles. The molecule has 0 saturated carbocycles. The third-order valence-corrected chi connectivity index (χ3v) is 9.13. The number of carbonyl (C=O) groups excluding carboxylic acids is 2. The summed E-state index contributed by atoms with van der Waals surface area (Å²) in [5.41, 5.74) is 0. The zero-order chi connectivity index (χ0) is 40.7. The van der Waals surface area contributed by atoms with Crippen molar-refractivity contribution in [2.24, 2.45) is 0 Å². The lowest BCUT2D eigenvalue weighted by atomic mass is 10.1. The predicted octanol–water partition coefficient (Wildman–Crippen LogP) is 11.0. The molecule has 0 aromatic heterocycles. The largest absolute Gasteiger partial charge is 0.756 e. The van der Waals surface area contributed by atoms with Gasteiger partial charge in [0.1, 0.15) is 19.8 Å². The Morgan fingerprint density at radius 2 is 1.07 bits per heavy atom. The van der Waals surface area contributed by atoms with Gasteiger partial charge in [0, 0.05) is 12.8 Å². The maximum Gasteiger partial charge on any atom is 0.306 e. The minimum absolute atomic E-state index is 0.0502. The van der Waals surface area contributed by atoms with Gasteiger partial charge < -0.3 is 27.9 Å². The fourth-order valence-electron chi connectivity index (χ4n) is 4.91. The molecule has 0 aliphatic rings. The van der Waals surface area contributed by atoms with E-state index >= 15 is 0 Å². The molecule has 0 amide bonds. The van der Waals surface area contributed by atoms with Crippen molar-refractivity contribution < 1.29 is 42.1 Å². The number of hydrogen-bond donors (Lipinski definition) is 0. The molecule has 0 aromatic rings. The smallest absolute Gasteiger partial charge is 0.306 e. The zero-order valence-electron chi connectivity index (χ0n) is 35.1. The lowest BCUT2D eigenvalue weighted by Crippen LogP contribution is -2.37. The van der Waals surface area contributed by atoms with Gasteiger partial charge in [-0.3, -0.25) is 14.2 Å². The van der Waals surface area contributed by atoms with E-state index in [1.54, 1.807) is 0 Å². The minimum atomic E-state index is -4.65. The Morgan fingerprint density at radius 1 is 0.582 bits per heavy atom. The first-order valence-corrected chi connectivity index (χ1v) is 22.3. The maximum atomic E-state index is 12.6. The highest BCUT2D eigenvalue weighted by Crippen LogP contribution is 2.38. The van der Waals surface area contributed by atoms with Gasteiger partial charge in [0.15, 0.2) is 6.10 Å². The van der Waals surface area contributed by atoms with Crippen LogP contribution >= 0.6 is 7.82 Å². The molecule has 314 valence electrons. The Labute approximate surface area is 335 Å². The number of carbonyl (C=O) groups is 2. The normalized spacial score (nSPS) is 14.5. The number of phosphoric ester groups is 1. The van der Waals surface area contributed by atoms with Gasteiger partial charge in [-0.25, -0.2) is 0 Å². The average molecular weight is 790 g/mol. The van der Waals surface area contributed by atoms with Gasteiger partial charge >= 0.3 is 11.9 Å². The number of nitrogens with zero attached hydrogens (tertiary/aromatic N) is 1. The molecule has 9 nitrogen and oxygen atoms in total. The molecule has 0 bridgehead atoms. The molecule has 55 heavy (non-hydrogen) atoms. The summed E-state index contributed by atoms with van der Waals surface area (Å²) < 4.78 is 33.7. The lowest BCUT2D eigenvalue weighted by Gasteiger charge is -2.28. The molecule has 0 rings (SSSR count). The fourth-order valence-corrected chi connectivity index (χ4v) is 5.64. The Kier molecular flexibility index (Phi) is 34.9. The van der Waals surface area contributed by atoms with Crippen LogP contribution in [0.5, 0.6) is 0 Å². The summed E-state index contributed by atoms with van der Waals surface area (Å²) >= 11 is 0. The number of unbranched alkanes of at least 4 members (excludes halogenated alkanes) is 8. The van der Waals surface area contributed by atoms with Crippen LogP contribution in [0.4, 0.5) is 0 Å². The van der Waals surface area contributed by atoms with Crippen LogP contribution in [-0.2, 0) is 32.7 Å². The van der Waals surface area contributed by atoms with Crippen molar-refractivity contribution in [1.29, 1.82) is 0 Å². The van der Waals surface area contributed by atoms with Crippen LogP contribution in [0.1, 0.15) is 136 Å². The van der Waals surface area contributed by atoms with Crippen molar-refractivity contribution in [3.63, 3.8) is 0 Å². The Morgan fingerprint density at radius 3 is 1.62 bits per heavy atom. The number of hydrogen-bond acceptors (Lipinski definition) is 8. The monoisotopic (exact) mass is 790 g/mol. The van der Waals surface area contributed by atoms with Crippen molar-refractivity contribution in [2.45, 2.75) is 142 Å². The molecule has 0 aromatic carbocycles. The van der Waals surface area contributed by atoms with Crippen molar-refractivity contribution >= 4 is 19.8 Å². The van der Waals surface area contributed by atoms with Crippen LogP contribution in [0.15, 0.2) is 85.1 Å². The summed E-state index contributed by atoms with van der Waals surface area (Å²) in [5.74, 6) is -0.954. The van der Waals surface area contributed by atoms with Crippen LogP contribution < -0.4 is 4.89 Å². The molecular weight excluding hydrogens is 713 g/mol. The highest BCUT2D eigenvalue weighted by Gasteiger charge is 2.21. The predicted molar refractivity (Wildman–Crippen MR) is 226 cm³/mol. The highest BCUT2D eigenvalue weighted by atomic mass is 31.2. The molecule has 0 heterocycles. The second-order valence-corrected chi connectivity index (χ2v) is 16.0. The number of likely N-dealkylation sites (N-methyl/N-ethyl adjacent to an activating group) is 1. The summed E-state index contributed by atoms with van der Waals surface area (Å²) in [6.45, 7) is 3.96. The van der Waals surface area contributed by atoms with Crippen molar-refractivity contribution in [1.82, 2.24) is 0 Å². The average Bonchev–Trinajstić information content (AvgIpc) is 3.13. The first kappa shape index (κ1) is 52.2. The SMILES string of the molecule is CC/C=C/C/C=C/C/C=C/C/C=C/C/C=C/C/C=C/CCC(=O)O[C@H](COC(=O)CCCCCCC/C=C/CCCCC)COP(=O)([O-])OCC[N+](C)(C)C. The van der Waals surface area contributed by atoms with E-state index in [2.05, 4.69) is 86.8 Å². The van der Waals surface area contributed by atoms with Gasteiger partial charge in [-0.05, 0) is 77.0 Å². The van der Waals surface area contributed by atoms with E-state index in [-0.39, 0.29) is 26.1 Å². The number of phosphoric acid groups is 1. The fraction of sp³-hybridized carbons (Fsp3) is 0.644. The van der Waals surface area contributed by atoms with E-state index in [0.29, 0.717) is 23.9 Å². The van der Waals surface area contributed by atoms with Gasteiger partial charge in [0.2, 0.25) is 0 Å². The summed E-state index contributed by atoms with van der Waals surface area (Å²) in [6, 6.07) is 0. The maximum absolute atomic E-state index is 12.6. The number of rotatable bonds is 36. The topological polar surface area (TPSA) is 111 Å². The third-order valence-electron chi connectivity index (χ3n) is 8.16. The van der Waals surface area contributed by atoms with Gasteiger partial charge in [0.25, 0.3) is 7.82 Å². The van der Waals surface area contributed by atoms with Crippen molar-refractivity contribution in [2.75, 3.05) is 47.5 Å². The van der Waals surface area contributed by atoms with Gasteiger partial charge in [-0.2, -0.15) is 0 Å². The quantitative estimate of drug-likeness (QED) is 0.0203. The second kappa shape index (κ2) is 36.8. The van der Waals surface area contributed by atoms with E-state index in [4.69, 9.17) is 18.5 Å². The zero-order valence-corrected chi connectivity index (χ0v) is 36.0. The summed E-state index contributed by atoms with van der Waals surface area (Å²) in [4.78, 5) is 37.4. The Balaban J connectivity index is 4.56. The van der Waals surface area contributed by atoms with Crippen LogP contribution in [0, 0.1) is 0 Å². The van der Waals surface area contributed by atoms with Crippen LogP contribution in [0.2, 0.25) is 0 Å². The standard InChI is InChI=1S/C45H76NO8P/c1-6-8-10-12-14-16-18-20-21-22-23-24-25-26-28-30-32-34-36-38-45(48)54-43(42-53-55(49,50)52-40-39-46(3,4)5)41-51-44(47)37-35-33-31-29-27-19-17-15-13-11-9-7-2/h8,10,14-17,20-21,23-24,26,28,32,34,43H,6-7,9,11-13,18-19,22,25,27,29-31,33,35-42H2,1-5H3/b10-8+,16-14+,17-15+,21-20+,24-23+,28-26+,34-32+/t43-/m1/s1. The van der Waals surface area contributed by atoms with E-state index in [9.17, 15) is 19.0 Å². The lowest BCUT2D eigenvalue weighted by molar-refractivity contribution is -0.870. The van der Waals surface area contributed by atoms with E-state index < -0.39 is 32.5 Å². The Hall–Kier alpha value is -2.81. The Bertz CT molecular complexity index is 1210. The molecule has 0 aliphatic heterocycles. The molecule has 0 N–H and O–H groups in total. The van der Waals surface area contributed by atoms with Gasteiger partial charge in [0.05, 0.1) is 27.7 Å². The van der Waals surface area contributed by atoms with Crippen molar-refractivity contribution in [3.8, 4) is 0 Å². The molecule has 1 unspecified atom stereocenters. The van der Waals surface area contributed by atoms with Gasteiger partial charge in [-0.15, -0.1) is 0 Å². The summed E-state index contributed by atoms with van der Waals surface area (Å²) in [6.07, 6.45) is 46.3. The second-order valence-electron chi connectivity index (χ2n) is 14.6. The third kappa shape index (κ3) is 40.7. The number of quaternary nitrogens is 1. The molecule has 2 atom stereocenters. The molecule has 10 heteroatoms. The van der Waals surface area contributed by atoms with Crippen LogP contribution in [-0.4, -0.2) is 70.0 Å². The van der Waals surface area contributed by atoms with E-state index in [1.807, 2.05) is 33.3 Å². The highest BCUT2D eigenvalue weighted by molar-refractivity contribution is 7.45. The first-order chi connectivity index (χ1) is 26.5. The minimum Gasteiger partial charge on any atom is -0.756 e. The number of allylic oxidation sites excluding steroid dienone is 14. The van der Waals surface area contributed by atoms with E-state index in [1.165, 1.54) is 19.3 Å². The number of esters is 2. The molecule has 0 fully saturated rings. The molecular formula is C45H76NO8P. The first-order valence-electron chi connectivity index (χ1n) is 20.8. The summed E-state index contributed by atoms with van der Waals surface area (Å²) in [5, 5.41) is 0. The number of ether oxygens (including phenoxy) is 2. The molecule has 0 radical (unpaired) electrons. The van der Waals surface area contributed by atoms with Crippen molar-refractivity contribution in [3.05, 3.63) is 85.1 Å². The van der Waals surface area contributed by atoms with E-state index in [0.717, 1.165) is 77.0 Å². The van der Waals surface area contributed by atoms with Crippen LogP contribution in [0.3, 0.4) is 0 Å². The van der Waals surface area contributed by atoms with Gasteiger partial charge in [-0.1, -0.05) is 131 Å². The molecule has 0 saturated heterocycles.